The first kappa shape index (κ1) is 14.0. The summed E-state index contributed by atoms with van der Waals surface area (Å²) in [4.78, 5) is 2.00. The van der Waals surface area contributed by atoms with Crippen molar-refractivity contribution in [3.8, 4) is 5.75 Å². The smallest absolute Gasteiger partial charge is 0.119 e. The van der Waals surface area contributed by atoms with E-state index in [-0.39, 0.29) is 5.92 Å². The van der Waals surface area contributed by atoms with Crippen LogP contribution in [0.1, 0.15) is 25.3 Å². The number of hydrogen-bond acceptors (Lipinski definition) is 3. The lowest BCUT2D eigenvalue weighted by Gasteiger charge is -2.33. The minimum atomic E-state index is -0.754. The fourth-order valence-corrected chi connectivity index (χ4v) is 2.05. The zero-order chi connectivity index (χ0) is 13.1. The summed E-state index contributed by atoms with van der Waals surface area (Å²) in [7, 11) is 5.58. The number of hydrogen-bond donors (Lipinski definition) is 1. The molecule has 0 amide bonds. The fourth-order valence-electron chi connectivity index (χ4n) is 2.05. The van der Waals surface area contributed by atoms with Crippen LogP contribution in [0.3, 0.4) is 0 Å². The highest BCUT2D eigenvalue weighted by molar-refractivity contribution is 5.32. The van der Waals surface area contributed by atoms with Crippen LogP contribution in [0.25, 0.3) is 0 Å². The molecule has 17 heavy (non-hydrogen) atoms. The fraction of sp³-hybridized carbons (Fsp3) is 0.571. The van der Waals surface area contributed by atoms with Gasteiger partial charge in [0.2, 0.25) is 0 Å². The summed E-state index contributed by atoms with van der Waals surface area (Å²) >= 11 is 0. The molecule has 0 fully saturated rings. The van der Waals surface area contributed by atoms with Gasteiger partial charge < -0.3 is 14.7 Å². The predicted octanol–water partition coefficient (Wildman–Crippen LogP) is 2.11. The lowest BCUT2D eigenvalue weighted by atomic mass is 9.84. The first-order chi connectivity index (χ1) is 7.86. The molecule has 0 saturated heterocycles. The summed E-state index contributed by atoms with van der Waals surface area (Å²) in [6.07, 6.45) is 0. The quantitative estimate of drug-likeness (QED) is 0.851. The maximum Gasteiger partial charge on any atom is 0.119 e. The zero-order valence-electron chi connectivity index (χ0n) is 11.4. The van der Waals surface area contributed by atoms with Gasteiger partial charge in [0.15, 0.2) is 0 Å². The van der Waals surface area contributed by atoms with Crippen molar-refractivity contribution in [3.05, 3.63) is 29.8 Å². The minimum absolute atomic E-state index is 0.0556. The van der Waals surface area contributed by atoms with Crippen molar-refractivity contribution in [2.75, 3.05) is 27.7 Å². The molecule has 0 aliphatic heterocycles. The second-order valence-electron chi connectivity index (χ2n) is 5.09. The van der Waals surface area contributed by atoms with E-state index in [0.717, 1.165) is 11.3 Å². The lowest BCUT2D eigenvalue weighted by molar-refractivity contribution is 0.0123. The standard InChI is InChI=1S/C14H23NO2/c1-11(14(2,16)10-15(3)4)12-7-6-8-13(9-12)17-5/h6-9,11,16H,10H2,1-5H3. The van der Waals surface area contributed by atoms with Gasteiger partial charge in [0, 0.05) is 12.5 Å². The van der Waals surface area contributed by atoms with Crippen molar-refractivity contribution < 1.29 is 9.84 Å². The third-order valence-corrected chi connectivity index (χ3v) is 3.16. The number of methoxy groups -OCH3 is 1. The molecule has 3 nitrogen and oxygen atoms in total. The maximum absolute atomic E-state index is 10.5. The Morgan fingerprint density at radius 1 is 1.41 bits per heavy atom. The Balaban J connectivity index is 2.90. The SMILES string of the molecule is COc1cccc(C(C)C(C)(O)CN(C)C)c1. The van der Waals surface area contributed by atoms with Crippen LogP contribution >= 0.6 is 0 Å². The molecule has 1 aromatic carbocycles. The van der Waals surface area contributed by atoms with Crippen molar-refractivity contribution in [1.82, 2.24) is 4.90 Å². The summed E-state index contributed by atoms with van der Waals surface area (Å²) in [5.41, 5.74) is 0.340. The Hall–Kier alpha value is -1.06. The maximum atomic E-state index is 10.5. The first-order valence-electron chi connectivity index (χ1n) is 5.88. The normalized spacial score (nSPS) is 16.6. The van der Waals surface area contributed by atoms with E-state index in [1.165, 1.54) is 0 Å². The summed E-state index contributed by atoms with van der Waals surface area (Å²) in [6, 6.07) is 7.87. The second-order valence-corrected chi connectivity index (χ2v) is 5.09. The van der Waals surface area contributed by atoms with Gasteiger partial charge in [0.1, 0.15) is 5.75 Å². The van der Waals surface area contributed by atoms with Crippen LogP contribution in [0.15, 0.2) is 24.3 Å². The van der Waals surface area contributed by atoms with Gasteiger partial charge in [-0.2, -0.15) is 0 Å². The van der Waals surface area contributed by atoms with E-state index in [9.17, 15) is 5.11 Å². The molecular weight excluding hydrogens is 214 g/mol. The molecular formula is C14H23NO2. The molecule has 0 aliphatic carbocycles. The highest BCUT2D eigenvalue weighted by Gasteiger charge is 2.30. The third-order valence-electron chi connectivity index (χ3n) is 3.16. The summed E-state index contributed by atoms with van der Waals surface area (Å²) in [6.45, 7) is 4.54. The third kappa shape index (κ3) is 3.72. The van der Waals surface area contributed by atoms with Gasteiger partial charge in [0.25, 0.3) is 0 Å². The Kier molecular flexibility index (Phi) is 4.54. The van der Waals surface area contributed by atoms with Crippen LogP contribution in [0.2, 0.25) is 0 Å². The van der Waals surface area contributed by atoms with Crippen LogP contribution in [-0.4, -0.2) is 43.4 Å². The first-order valence-corrected chi connectivity index (χ1v) is 5.88. The summed E-state index contributed by atoms with van der Waals surface area (Å²) < 4.78 is 5.21. The summed E-state index contributed by atoms with van der Waals surface area (Å²) in [5.74, 6) is 0.884. The average Bonchev–Trinajstić information content (AvgIpc) is 2.26. The number of likely N-dealkylation sites (N-methyl/N-ethyl adjacent to an activating group) is 1. The van der Waals surface area contributed by atoms with Gasteiger partial charge >= 0.3 is 0 Å². The van der Waals surface area contributed by atoms with Gasteiger partial charge in [-0.1, -0.05) is 19.1 Å². The molecule has 2 unspecified atom stereocenters. The van der Waals surface area contributed by atoms with Crippen LogP contribution in [-0.2, 0) is 0 Å². The molecule has 1 aromatic rings. The van der Waals surface area contributed by atoms with Crippen molar-refractivity contribution in [3.63, 3.8) is 0 Å². The summed E-state index contributed by atoms with van der Waals surface area (Å²) in [5, 5.41) is 10.5. The number of aliphatic hydroxyl groups is 1. The molecule has 0 spiro atoms. The number of rotatable bonds is 5. The van der Waals surface area contributed by atoms with Crippen LogP contribution in [0, 0.1) is 0 Å². The molecule has 0 heterocycles. The molecule has 1 N–H and O–H groups in total. The van der Waals surface area contributed by atoms with E-state index in [0.29, 0.717) is 6.54 Å². The van der Waals surface area contributed by atoms with E-state index in [2.05, 4.69) is 0 Å². The molecule has 0 aromatic heterocycles. The molecule has 0 saturated carbocycles. The van der Waals surface area contributed by atoms with E-state index < -0.39 is 5.60 Å². The topological polar surface area (TPSA) is 32.7 Å². The second kappa shape index (κ2) is 5.52. The van der Waals surface area contributed by atoms with Gasteiger partial charge in [-0.15, -0.1) is 0 Å². The molecule has 2 atom stereocenters. The number of ether oxygens (including phenoxy) is 1. The van der Waals surface area contributed by atoms with E-state index in [1.807, 2.05) is 57.1 Å². The monoisotopic (exact) mass is 237 g/mol. The molecule has 3 heteroatoms. The Bertz CT molecular complexity index is 361. The average molecular weight is 237 g/mol. The highest BCUT2D eigenvalue weighted by atomic mass is 16.5. The van der Waals surface area contributed by atoms with Crippen molar-refractivity contribution >= 4 is 0 Å². The lowest BCUT2D eigenvalue weighted by Crippen LogP contribution is -2.41. The van der Waals surface area contributed by atoms with E-state index in [4.69, 9.17) is 4.74 Å². The molecule has 96 valence electrons. The molecule has 0 aliphatic rings. The van der Waals surface area contributed by atoms with Crippen LogP contribution < -0.4 is 4.74 Å². The van der Waals surface area contributed by atoms with Gasteiger partial charge in [-0.05, 0) is 38.7 Å². The predicted molar refractivity (Wildman–Crippen MR) is 70.6 cm³/mol. The van der Waals surface area contributed by atoms with Crippen LogP contribution in [0.5, 0.6) is 5.75 Å². The van der Waals surface area contributed by atoms with Crippen LogP contribution in [0.4, 0.5) is 0 Å². The molecule has 0 bridgehead atoms. The Morgan fingerprint density at radius 2 is 2.06 bits per heavy atom. The van der Waals surface area contributed by atoms with Gasteiger partial charge in [-0.25, -0.2) is 0 Å². The number of benzene rings is 1. The van der Waals surface area contributed by atoms with Crippen molar-refractivity contribution in [2.24, 2.45) is 0 Å². The molecule has 0 radical (unpaired) electrons. The largest absolute Gasteiger partial charge is 0.497 e. The van der Waals surface area contributed by atoms with E-state index in [1.54, 1.807) is 7.11 Å². The Labute approximate surface area is 104 Å². The Morgan fingerprint density at radius 3 is 2.59 bits per heavy atom. The highest BCUT2D eigenvalue weighted by Crippen LogP contribution is 2.30. The van der Waals surface area contributed by atoms with Crippen molar-refractivity contribution in [1.29, 1.82) is 0 Å². The van der Waals surface area contributed by atoms with Gasteiger partial charge in [0.05, 0.1) is 12.7 Å². The van der Waals surface area contributed by atoms with E-state index >= 15 is 0 Å². The van der Waals surface area contributed by atoms with Gasteiger partial charge in [-0.3, -0.25) is 0 Å². The minimum Gasteiger partial charge on any atom is -0.497 e. The molecule has 1 rings (SSSR count). The zero-order valence-corrected chi connectivity index (χ0v) is 11.4. The number of nitrogens with zero attached hydrogens (tertiary/aromatic N) is 1. The van der Waals surface area contributed by atoms with Crippen molar-refractivity contribution in [2.45, 2.75) is 25.4 Å².